The van der Waals surface area contributed by atoms with Crippen LogP contribution < -0.4 is 10.6 Å². The Morgan fingerprint density at radius 2 is 2.08 bits per heavy atom. The molecule has 0 aliphatic carbocycles. The third kappa shape index (κ3) is 4.07. The van der Waals surface area contributed by atoms with Crippen LogP contribution in [0.3, 0.4) is 0 Å². The summed E-state index contributed by atoms with van der Waals surface area (Å²) in [7, 11) is 0. The summed E-state index contributed by atoms with van der Waals surface area (Å²) in [6.45, 7) is 1.22. The molecule has 0 saturated heterocycles. The second-order valence-corrected chi connectivity index (χ2v) is 5.21. The molecule has 1 atom stereocenters. The van der Waals surface area contributed by atoms with E-state index in [0.717, 1.165) is 6.07 Å². The Balaban J connectivity index is 1.90. The summed E-state index contributed by atoms with van der Waals surface area (Å²) in [5.74, 6) is -0.356. The maximum atomic E-state index is 13.2. The lowest BCUT2D eigenvalue weighted by Gasteiger charge is -2.28. The molecule has 24 heavy (non-hydrogen) atoms. The quantitative estimate of drug-likeness (QED) is 0.642. The minimum absolute atomic E-state index is 0.146. The van der Waals surface area contributed by atoms with Crippen molar-refractivity contribution >= 4 is 6.03 Å². The van der Waals surface area contributed by atoms with E-state index in [1.54, 1.807) is 6.07 Å². The molecule has 2 rings (SSSR count). The number of aromatic amines is 1. The molecule has 0 fully saturated rings. The molecule has 10 heteroatoms. The van der Waals surface area contributed by atoms with Crippen molar-refractivity contribution in [2.75, 3.05) is 6.54 Å². The smallest absolute Gasteiger partial charge is 0.424 e. The first-order valence-corrected chi connectivity index (χ1v) is 7.08. The standard InChI is InChI=1S/C14H17F3N4O3/c1-9-2-3-11(24-9)13(23,14(15,16)17)5-7-18-12(22)19-8-10-4-6-20-21-10/h2-4,6,23H,5,7-8H2,1H3,(H,20,21)(H2,18,19,22)/t13-/m0/s1. The topological polar surface area (TPSA) is 103 Å². The number of nitrogens with zero attached hydrogens (tertiary/aromatic N) is 1. The van der Waals surface area contributed by atoms with Crippen LogP contribution in [-0.4, -0.2) is 34.1 Å². The largest absolute Gasteiger partial charge is 0.463 e. The first-order valence-electron chi connectivity index (χ1n) is 7.08. The van der Waals surface area contributed by atoms with E-state index in [1.165, 1.54) is 19.2 Å². The summed E-state index contributed by atoms with van der Waals surface area (Å²) in [4.78, 5) is 11.6. The zero-order valence-electron chi connectivity index (χ0n) is 12.8. The van der Waals surface area contributed by atoms with Gasteiger partial charge in [0, 0.05) is 19.2 Å². The van der Waals surface area contributed by atoms with Crippen LogP contribution in [0.4, 0.5) is 18.0 Å². The summed E-state index contributed by atoms with van der Waals surface area (Å²) in [5.41, 5.74) is -2.53. The van der Waals surface area contributed by atoms with Gasteiger partial charge in [0.25, 0.3) is 0 Å². The Kier molecular flexibility index (Phi) is 5.17. The van der Waals surface area contributed by atoms with Crippen molar-refractivity contribution in [1.29, 1.82) is 0 Å². The van der Waals surface area contributed by atoms with E-state index >= 15 is 0 Å². The van der Waals surface area contributed by atoms with Gasteiger partial charge in [-0.2, -0.15) is 18.3 Å². The lowest BCUT2D eigenvalue weighted by Crippen LogP contribution is -2.45. The second-order valence-electron chi connectivity index (χ2n) is 5.21. The minimum atomic E-state index is -4.94. The number of carbonyl (C=O) groups is 1. The van der Waals surface area contributed by atoms with Crippen LogP contribution in [0, 0.1) is 6.92 Å². The Morgan fingerprint density at radius 3 is 2.62 bits per heavy atom. The number of hydrogen-bond donors (Lipinski definition) is 4. The van der Waals surface area contributed by atoms with Gasteiger partial charge in [0.15, 0.2) is 0 Å². The predicted octanol–water partition coefficient (Wildman–Crippen LogP) is 1.95. The van der Waals surface area contributed by atoms with E-state index in [9.17, 15) is 23.1 Å². The lowest BCUT2D eigenvalue weighted by molar-refractivity contribution is -0.274. The maximum absolute atomic E-state index is 13.2. The van der Waals surface area contributed by atoms with Gasteiger partial charge in [-0.15, -0.1) is 0 Å². The minimum Gasteiger partial charge on any atom is -0.463 e. The van der Waals surface area contributed by atoms with Gasteiger partial charge in [-0.25, -0.2) is 4.79 Å². The summed E-state index contributed by atoms with van der Waals surface area (Å²) in [5, 5.41) is 21.0. The maximum Gasteiger partial charge on any atom is 0.424 e. The van der Waals surface area contributed by atoms with Crippen LogP contribution in [0.15, 0.2) is 28.8 Å². The molecule has 2 amide bonds. The van der Waals surface area contributed by atoms with Crippen molar-refractivity contribution in [3.05, 3.63) is 41.6 Å². The van der Waals surface area contributed by atoms with Crippen LogP contribution in [0.1, 0.15) is 23.6 Å². The molecule has 0 aliphatic heterocycles. The van der Waals surface area contributed by atoms with E-state index < -0.39 is 36.5 Å². The summed E-state index contributed by atoms with van der Waals surface area (Å²) in [6.07, 6.45) is -4.21. The number of aryl methyl sites for hydroxylation is 1. The number of rotatable bonds is 6. The summed E-state index contributed by atoms with van der Waals surface area (Å²) in [6, 6.07) is 3.38. The molecule has 0 spiro atoms. The first-order chi connectivity index (χ1) is 11.2. The molecule has 0 radical (unpaired) electrons. The molecule has 0 bridgehead atoms. The van der Waals surface area contributed by atoms with E-state index in [4.69, 9.17) is 4.42 Å². The van der Waals surface area contributed by atoms with Crippen molar-refractivity contribution in [2.45, 2.75) is 31.7 Å². The fourth-order valence-electron chi connectivity index (χ4n) is 2.04. The molecule has 7 nitrogen and oxygen atoms in total. The number of hydrogen-bond acceptors (Lipinski definition) is 4. The number of H-pyrrole nitrogens is 1. The Bertz CT molecular complexity index is 669. The zero-order chi connectivity index (χ0) is 17.8. The van der Waals surface area contributed by atoms with Gasteiger partial charge in [-0.3, -0.25) is 5.10 Å². The number of aliphatic hydroxyl groups is 1. The average molecular weight is 346 g/mol. The Labute approximate surface area is 135 Å². The lowest BCUT2D eigenvalue weighted by atomic mass is 9.96. The molecular weight excluding hydrogens is 329 g/mol. The molecule has 2 aromatic rings. The number of amides is 2. The fraction of sp³-hybridized carbons (Fsp3) is 0.429. The Hall–Kier alpha value is -2.49. The fourth-order valence-corrected chi connectivity index (χ4v) is 2.04. The molecule has 2 heterocycles. The van der Waals surface area contributed by atoms with Gasteiger partial charge >= 0.3 is 12.2 Å². The van der Waals surface area contributed by atoms with Gasteiger partial charge in [0.1, 0.15) is 11.5 Å². The van der Waals surface area contributed by atoms with Gasteiger partial charge in [0.2, 0.25) is 5.60 Å². The number of furan rings is 1. The van der Waals surface area contributed by atoms with Gasteiger partial charge < -0.3 is 20.2 Å². The van der Waals surface area contributed by atoms with Crippen molar-refractivity contribution in [1.82, 2.24) is 20.8 Å². The highest BCUT2D eigenvalue weighted by molar-refractivity contribution is 5.73. The monoisotopic (exact) mass is 346 g/mol. The van der Waals surface area contributed by atoms with E-state index in [2.05, 4.69) is 20.8 Å². The Morgan fingerprint density at radius 1 is 1.33 bits per heavy atom. The molecule has 0 unspecified atom stereocenters. The molecule has 0 aromatic carbocycles. The van der Waals surface area contributed by atoms with Crippen molar-refractivity contribution in [3.63, 3.8) is 0 Å². The predicted molar refractivity (Wildman–Crippen MR) is 76.8 cm³/mol. The highest BCUT2D eigenvalue weighted by Crippen LogP contribution is 2.41. The van der Waals surface area contributed by atoms with Crippen LogP contribution in [0.5, 0.6) is 0 Å². The van der Waals surface area contributed by atoms with Crippen LogP contribution in [0.25, 0.3) is 0 Å². The first kappa shape index (κ1) is 17.9. The number of halogens is 3. The summed E-state index contributed by atoms with van der Waals surface area (Å²) >= 11 is 0. The number of carbonyl (C=O) groups excluding carboxylic acids is 1. The third-order valence-electron chi connectivity index (χ3n) is 3.39. The summed E-state index contributed by atoms with van der Waals surface area (Å²) < 4.78 is 44.5. The van der Waals surface area contributed by atoms with Gasteiger partial charge in [-0.05, 0) is 25.1 Å². The molecule has 0 saturated carbocycles. The molecular formula is C14H17F3N4O3. The number of aromatic nitrogens is 2. The highest BCUT2D eigenvalue weighted by atomic mass is 19.4. The van der Waals surface area contributed by atoms with Crippen LogP contribution in [-0.2, 0) is 12.1 Å². The van der Waals surface area contributed by atoms with E-state index in [0.29, 0.717) is 5.69 Å². The van der Waals surface area contributed by atoms with Gasteiger partial charge in [-0.1, -0.05) is 0 Å². The van der Waals surface area contributed by atoms with Crippen LogP contribution in [0.2, 0.25) is 0 Å². The van der Waals surface area contributed by atoms with Crippen molar-refractivity contribution in [3.8, 4) is 0 Å². The number of alkyl halides is 3. The molecule has 4 N–H and O–H groups in total. The number of urea groups is 1. The zero-order valence-corrected chi connectivity index (χ0v) is 12.8. The third-order valence-corrected chi connectivity index (χ3v) is 3.39. The van der Waals surface area contributed by atoms with E-state index in [-0.39, 0.29) is 12.3 Å². The molecule has 132 valence electrons. The normalized spacial score (nSPS) is 14.2. The number of nitrogens with one attached hydrogen (secondary N) is 3. The van der Waals surface area contributed by atoms with Gasteiger partial charge in [0.05, 0.1) is 12.2 Å². The second kappa shape index (κ2) is 6.95. The molecule has 0 aliphatic rings. The van der Waals surface area contributed by atoms with Crippen LogP contribution >= 0.6 is 0 Å². The van der Waals surface area contributed by atoms with Crippen molar-refractivity contribution < 1.29 is 27.5 Å². The SMILES string of the molecule is Cc1ccc([C@@](O)(CCNC(=O)NCc2ccn[nH]2)C(F)(F)F)o1. The average Bonchev–Trinajstić information content (AvgIpc) is 3.15. The highest BCUT2D eigenvalue weighted by Gasteiger charge is 2.56. The van der Waals surface area contributed by atoms with E-state index in [1.807, 2.05) is 0 Å². The molecule has 2 aromatic heterocycles. The van der Waals surface area contributed by atoms with Crippen molar-refractivity contribution in [2.24, 2.45) is 0 Å².